The lowest BCUT2D eigenvalue weighted by molar-refractivity contribution is -0.125. The number of aromatic nitrogens is 1. The van der Waals surface area contributed by atoms with E-state index in [1.165, 1.54) is 18.4 Å². The molecule has 1 aromatic heterocycles. The van der Waals surface area contributed by atoms with Crippen LogP contribution in [-0.2, 0) is 4.79 Å². The largest absolute Gasteiger partial charge is 0.489 e. The van der Waals surface area contributed by atoms with Crippen LogP contribution in [0.25, 0.3) is 0 Å². The number of carbonyl (C=O) groups excluding carboxylic acids is 1. The molecule has 5 nitrogen and oxygen atoms in total. The molecule has 3 aliphatic rings. The number of hydrogen-bond acceptors (Lipinski definition) is 4. The predicted octanol–water partition coefficient (Wildman–Crippen LogP) is 1.70. The maximum Gasteiger partial charge on any atom is 0.224 e. The fraction of sp³-hybridized carbons (Fsp3) is 0.667. The Kier molecular flexibility index (Phi) is 3.56. The summed E-state index contributed by atoms with van der Waals surface area (Å²) in [7, 11) is 0. The third-order valence-electron chi connectivity index (χ3n) is 5.28. The van der Waals surface area contributed by atoms with Gasteiger partial charge in [0.25, 0.3) is 0 Å². The molecular formula is C18H25N3O2. The first-order valence-electron chi connectivity index (χ1n) is 8.65. The van der Waals surface area contributed by atoms with Gasteiger partial charge in [-0.25, -0.2) is 0 Å². The number of fused-ring (bicyclic) bond motifs is 1. The SMILES string of the molecule is CC(C)(COc1cnccc1C1CC1)NC(=O)C1C2CNCC21. The second-order valence-electron chi connectivity index (χ2n) is 7.86. The summed E-state index contributed by atoms with van der Waals surface area (Å²) in [4.78, 5) is 16.6. The average Bonchev–Trinajstić information content (AvgIpc) is 3.43. The number of amides is 1. The molecule has 1 aliphatic heterocycles. The molecule has 2 atom stereocenters. The number of ether oxygens (including phenoxy) is 1. The number of hydrogen-bond donors (Lipinski definition) is 2. The molecule has 0 bridgehead atoms. The van der Waals surface area contributed by atoms with E-state index in [1.54, 1.807) is 6.20 Å². The summed E-state index contributed by atoms with van der Waals surface area (Å²) in [6, 6.07) is 2.05. The Morgan fingerprint density at radius 2 is 2.13 bits per heavy atom. The molecule has 2 saturated carbocycles. The van der Waals surface area contributed by atoms with Gasteiger partial charge in [-0.05, 0) is 63.6 Å². The molecule has 0 radical (unpaired) electrons. The van der Waals surface area contributed by atoms with Crippen LogP contribution in [-0.4, -0.2) is 36.1 Å². The van der Waals surface area contributed by atoms with Crippen LogP contribution < -0.4 is 15.4 Å². The Morgan fingerprint density at radius 3 is 2.83 bits per heavy atom. The van der Waals surface area contributed by atoms with Crippen LogP contribution >= 0.6 is 0 Å². The van der Waals surface area contributed by atoms with Crippen molar-refractivity contribution in [3.05, 3.63) is 24.0 Å². The highest BCUT2D eigenvalue weighted by Crippen LogP contribution is 2.49. The smallest absolute Gasteiger partial charge is 0.224 e. The van der Waals surface area contributed by atoms with Crippen molar-refractivity contribution in [3.8, 4) is 5.75 Å². The van der Waals surface area contributed by atoms with Crippen molar-refractivity contribution in [1.82, 2.24) is 15.6 Å². The van der Waals surface area contributed by atoms with E-state index in [2.05, 4.69) is 21.7 Å². The van der Waals surface area contributed by atoms with Crippen molar-refractivity contribution >= 4 is 5.91 Å². The van der Waals surface area contributed by atoms with Gasteiger partial charge in [-0.2, -0.15) is 0 Å². The molecule has 2 aliphatic carbocycles. The molecule has 0 spiro atoms. The minimum Gasteiger partial charge on any atom is -0.489 e. The van der Waals surface area contributed by atoms with Gasteiger partial charge in [0, 0.05) is 17.7 Å². The number of nitrogens with zero attached hydrogens (tertiary/aromatic N) is 1. The Bertz CT molecular complexity index is 602. The van der Waals surface area contributed by atoms with Gasteiger partial charge in [0.05, 0.1) is 11.7 Å². The van der Waals surface area contributed by atoms with Crippen molar-refractivity contribution in [2.24, 2.45) is 17.8 Å². The van der Waals surface area contributed by atoms with Gasteiger partial charge in [0.2, 0.25) is 5.91 Å². The number of pyridine rings is 1. The van der Waals surface area contributed by atoms with Gasteiger partial charge in [-0.3, -0.25) is 9.78 Å². The van der Waals surface area contributed by atoms with Gasteiger partial charge in [-0.15, -0.1) is 0 Å². The molecule has 124 valence electrons. The van der Waals surface area contributed by atoms with Gasteiger partial charge in [0.1, 0.15) is 12.4 Å². The van der Waals surface area contributed by atoms with E-state index in [1.807, 2.05) is 20.0 Å². The lowest BCUT2D eigenvalue weighted by Gasteiger charge is -2.27. The number of piperidine rings is 1. The highest BCUT2D eigenvalue weighted by Gasteiger charge is 2.57. The van der Waals surface area contributed by atoms with Crippen LogP contribution in [0, 0.1) is 17.8 Å². The van der Waals surface area contributed by atoms with Gasteiger partial charge in [-0.1, -0.05) is 0 Å². The minimum absolute atomic E-state index is 0.184. The molecular weight excluding hydrogens is 290 g/mol. The average molecular weight is 315 g/mol. The molecule has 2 unspecified atom stereocenters. The highest BCUT2D eigenvalue weighted by molar-refractivity contribution is 5.83. The van der Waals surface area contributed by atoms with E-state index >= 15 is 0 Å². The second-order valence-corrected chi connectivity index (χ2v) is 7.86. The topological polar surface area (TPSA) is 63.2 Å². The first-order valence-corrected chi connectivity index (χ1v) is 8.65. The molecule has 23 heavy (non-hydrogen) atoms. The van der Waals surface area contributed by atoms with Crippen LogP contribution in [0.5, 0.6) is 5.75 Å². The summed E-state index contributed by atoms with van der Waals surface area (Å²) in [5, 5.41) is 6.50. The lowest BCUT2D eigenvalue weighted by atomic mass is 10.1. The number of carbonyl (C=O) groups is 1. The first kappa shape index (κ1) is 14.9. The summed E-state index contributed by atoms with van der Waals surface area (Å²) >= 11 is 0. The third kappa shape index (κ3) is 3.07. The fourth-order valence-electron chi connectivity index (χ4n) is 3.76. The highest BCUT2D eigenvalue weighted by atomic mass is 16.5. The quantitative estimate of drug-likeness (QED) is 0.839. The molecule has 2 heterocycles. The maximum absolute atomic E-state index is 12.4. The second kappa shape index (κ2) is 5.48. The van der Waals surface area contributed by atoms with E-state index in [0.29, 0.717) is 24.4 Å². The molecule has 4 rings (SSSR count). The van der Waals surface area contributed by atoms with Crippen molar-refractivity contribution in [1.29, 1.82) is 0 Å². The Labute approximate surface area is 137 Å². The Hall–Kier alpha value is -1.62. The van der Waals surface area contributed by atoms with E-state index in [9.17, 15) is 4.79 Å². The van der Waals surface area contributed by atoms with Crippen molar-refractivity contribution in [3.63, 3.8) is 0 Å². The van der Waals surface area contributed by atoms with Crippen LogP contribution in [0.3, 0.4) is 0 Å². The number of nitrogens with one attached hydrogen (secondary N) is 2. The molecule has 1 amide bonds. The predicted molar refractivity (Wildman–Crippen MR) is 87.3 cm³/mol. The summed E-state index contributed by atoms with van der Waals surface area (Å²) in [6.45, 7) is 6.48. The Balaban J connectivity index is 1.33. The molecule has 1 aromatic rings. The van der Waals surface area contributed by atoms with E-state index in [4.69, 9.17) is 4.74 Å². The molecule has 0 aromatic carbocycles. The normalized spacial score (nSPS) is 29.0. The molecule has 3 fully saturated rings. The third-order valence-corrected chi connectivity index (χ3v) is 5.28. The molecule has 2 N–H and O–H groups in total. The zero-order valence-electron chi connectivity index (χ0n) is 13.8. The summed E-state index contributed by atoms with van der Waals surface area (Å²) in [6.07, 6.45) is 6.09. The minimum atomic E-state index is -0.377. The standard InChI is InChI=1S/C18H25N3O2/c1-18(2,21-17(22)16-13-7-20-8-14(13)16)10-23-15-9-19-6-5-12(15)11-3-4-11/h5-6,9,11,13-14,16,20H,3-4,7-8,10H2,1-2H3,(H,21,22). The summed E-state index contributed by atoms with van der Waals surface area (Å²) in [5.41, 5.74) is 0.878. The fourth-order valence-corrected chi connectivity index (χ4v) is 3.76. The van der Waals surface area contributed by atoms with Crippen LogP contribution in [0.15, 0.2) is 18.5 Å². The summed E-state index contributed by atoms with van der Waals surface area (Å²) in [5.74, 6) is 2.98. The van der Waals surface area contributed by atoms with Crippen LogP contribution in [0.4, 0.5) is 0 Å². The van der Waals surface area contributed by atoms with Gasteiger partial charge < -0.3 is 15.4 Å². The Morgan fingerprint density at radius 1 is 1.39 bits per heavy atom. The van der Waals surface area contributed by atoms with E-state index < -0.39 is 0 Å². The number of rotatable bonds is 6. The van der Waals surface area contributed by atoms with E-state index in [-0.39, 0.29) is 17.4 Å². The molecule has 1 saturated heterocycles. The van der Waals surface area contributed by atoms with Crippen LogP contribution in [0.2, 0.25) is 0 Å². The zero-order chi connectivity index (χ0) is 16.0. The van der Waals surface area contributed by atoms with Crippen molar-refractivity contribution in [2.75, 3.05) is 19.7 Å². The summed E-state index contributed by atoms with van der Waals surface area (Å²) < 4.78 is 6.01. The lowest BCUT2D eigenvalue weighted by Crippen LogP contribution is -2.49. The monoisotopic (exact) mass is 315 g/mol. The first-order chi connectivity index (χ1) is 11.1. The maximum atomic E-state index is 12.4. The zero-order valence-corrected chi connectivity index (χ0v) is 13.8. The van der Waals surface area contributed by atoms with Gasteiger partial charge in [0.15, 0.2) is 0 Å². The molecule has 5 heteroatoms. The van der Waals surface area contributed by atoms with Crippen LogP contribution in [0.1, 0.15) is 38.2 Å². The van der Waals surface area contributed by atoms with E-state index in [0.717, 1.165) is 18.8 Å². The van der Waals surface area contributed by atoms with Gasteiger partial charge >= 0.3 is 0 Å². The van der Waals surface area contributed by atoms with Crippen molar-refractivity contribution < 1.29 is 9.53 Å². The van der Waals surface area contributed by atoms with Crippen molar-refractivity contribution in [2.45, 2.75) is 38.1 Å².